The Morgan fingerprint density at radius 2 is 1.74 bits per heavy atom. The van der Waals surface area contributed by atoms with Crippen LogP contribution in [0.1, 0.15) is 40.0 Å². The van der Waals surface area contributed by atoms with Crippen molar-refractivity contribution in [2.45, 2.75) is 58.3 Å². The van der Waals surface area contributed by atoms with Crippen LogP contribution in [-0.2, 0) is 4.79 Å². The summed E-state index contributed by atoms with van der Waals surface area (Å²) < 4.78 is 35.9. The molecule has 0 aromatic heterocycles. The second-order valence-corrected chi connectivity index (χ2v) is 6.68. The number of carbonyl (C=O) groups excluding carboxylic acids is 1. The summed E-state index contributed by atoms with van der Waals surface area (Å²) in [7, 11) is 0. The zero-order chi connectivity index (χ0) is 17.5. The minimum absolute atomic E-state index is 0.198. The second kappa shape index (κ2) is 9.59. The Morgan fingerprint density at radius 3 is 2.26 bits per heavy atom. The highest BCUT2D eigenvalue weighted by molar-refractivity contribution is 5.77. The van der Waals surface area contributed by atoms with Crippen molar-refractivity contribution in [3.05, 3.63) is 0 Å². The molecule has 1 saturated heterocycles. The van der Waals surface area contributed by atoms with E-state index >= 15 is 0 Å². The molecule has 2 atom stereocenters. The van der Waals surface area contributed by atoms with E-state index in [4.69, 9.17) is 0 Å². The van der Waals surface area contributed by atoms with Crippen molar-refractivity contribution in [2.24, 2.45) is 0 Å². The zero-order valence-electron chi connectivity index (χ0n) is 14.5. The van der Waals surface area contributed by atoms with E-state index in [0.717, 1.165) is 38.9 Å². The third-order valence-corrected chi connectivity index (χ3v) is 4.24. The molecule has 23 heavy (non-hydrogen) atoms. The maximum Gasteiger partial charge on any atom is 0.401 e. The van der Waals surface area contributed by atoms with Gasteiger partial charge < -0.3 is 10.2 Å². The number of piperazine rings is 1. The van der Waals surface area contributed by atoms with Crippen molar-refractivity contribution in [1.82, 2.24) is 15.1 Å². The van der Waals surface area contributed by atoms with Crippen LogP contribution in [0.3, 0.4) is 0 Å². The molecule has 4 nitrogen and oxygen atoms in total. The van der Waals surface area contributed by atoms with Crippen molar-refractivity contribution < 1.29 is 18.0 Å². The summed E-state index contributed by atoms with van der Waals surface area (Å²) in [6.07, 6.45) is -1.42. The molecule has 7 heteroatoms. The molecule has 0 aliphatic carbocycles. The first-order valence-electron chi connectivity index (χ1n) is 8.44. The summed E-state index contributed by atoms with van der Waals surface area (Å²) in [6.45, 7) is 8.81. The number of hydrogen-bond donors (Lipinski definition) is 1. The van der Waals surface area contributed by atoms with Gasteiger partial charge in [0.25, 0.3) is 0 Å². The largest absolute Gasteiger partial charge is 0.401 e. The topological polar surface area (TPSA) is 35.6 Å². The SMILES string of the molecule is CC(=O)CN1C(C)CN(CCCCCNCC(F)(F)F)CC1C. The number of carbonyl (C=O) groups is 1. The second-order valence-electron chi connectivity index (χ2n) is 6.68. The van der Waals surface area contributed by atoms with Crippen molar-refractivity contribution in [1.29, 1.82) is 0 Å². The number of nitrogens with zero attached hydrogens (tertiary/aromatic N) is 2. The predicted octanol–water partition coefficient (Wildman–Crippen LogP) is 2.29. The molecule has 0 bridgehead atoms. The van der Waals surface area contributed by atoms with E-state index in [1.165, 1.54) is 0 Å². The molecule has 1 fully saturated rings. The Hall–Kier alpha value is -0.660. The first kappa shape index (κ1) is 20.4. The molecule has 1 rings (SSSR count). The summed E-state index contributed by atoms with van der Waals surface area (Å²) in [4.78, 5) is 16.0. The fraction of sp³-hybridized carbons (Fsp3) is 0.938. The number of hydrogen-bond acceptors (Lipinski definition) is 4. The van der Waals surface area contributed by atoms with E-state index in [1.807, 2.05) is 0 Å². The maximum atomic E-state index is 12.0. The summed E-state index contributed by atoms with van der Waals surface area (Å²) in [6, 6.07) is 0.715. The van der Waals surface area contributed by atoms with Crippen LogP contribution < -0.4 is 5.32 Å². The highest BCUT2D eigenvalue weighted by atomic mass is 19.4. The highest BCUT2D eigenvalue weighted by Crippen LogP contribution is 2.16. The molecule has 1 aliphatic rings. The number of nitrogens with one attached hydrogen (secondary N) is 1. The van der Waals surface area contributed by atoms with Crippen LogP contribution in [0.4, 0.5) is 13.2 Å². The molecule has 0 spiro atoms. The van der Waals surface area contributed by atoms with Gasteiger partial charge in [0.1, 0.15) is 5.78 Å². The van der Waals surface area contributed by atoms with E-state index in [0.29, 0.717) is 25.2 Å². The fourth-order valence-corrected chi connectivity index (χ4v) is 3.21. The molecule has 1 heterocycles. The molecule has 136 valence electrons. The minimum Gasteiger partial charge on any atom is -0.309 e. The van der Waals surface area contributed by atoms with Gasteiger partial charge in [-0.25, -0.2) is 0 Å². The van der Waals surface area contributed by atoms with Gasteiger partial charge in [-0.15, -0.1) is 0 Å². The average Bonchev–Trinajstić information content (AvgIpc) is 2.40. The number of alkyl halides is 3. The van der Waals surface area contributed by atoms with Gasteiger partial charge in [-0.1, -0.05) is 6.42 Å². The smallest absolute Gasteiger partial charge is 0.309 e. The van der Waals surface area contributed by atoms with E-state index in [-0.39, 0.29) is 5.78 Å². The minimum atomic E-state index is -4.12. The first-order valence-corrected chi connectivity index (χ1v) is 8.44. The van der Waals surface area contributed by atoms with Crippen LogP contribution >= 0.6 is 0 Å². The lowest BCUT2D eigenvalue weighted by Gasteiger charge is -2.44. The van der Waals surface area contributed by atoms with Crippen molar-refractivity contribution in [2.75, 3.05) is 39.3 Å². The summed E-state index contributed by atoms with van der Waals surface area (Å²) in [5, 5.41) is 2.42. The van der Waals surface area contributed by atoms with Gasteiger partial charge in [0.2, 0.25) is 0 Å². The van der Waals surface area contributed by atoms with Crippen LogP contribution in [0.2, 0.25) is 0 Å². The molecule has 1 N–H and O–H groups in total. The molecular formula is C16H30F3N3O. The molecule has 0 aromatic rings. The molecule has 0 radical (unpaired) electrons. The van der Waals surface area contributed by atoms with Gasteiger partial charge in [-0.3, -0.25) is 9.69 Å². The quantitative estimate of drug-likeness (QED) is 0.655. The maximum absolute atomic E-state index is 12.0. The number of rotatable bonds is 9. The van der Waals surface area contributed by atoms with Crippen molar-refractivity contribution in [3.8, 4) is 0 Å². The fourth-order valence-electron chi connectivity index (χ4n) is 3.21. The molecular weight excluding hydrogens is 307 g/mol. The van der Waals surface area contributed by atoms with Gasteiger partial charge >= 0.3 is 6.18 Å². The van der Waals surface area contributed by atoms with Crippen LogP contribution in [0.5, 0.6) is 0 Å². The zero-order valence-corrected chi connectivity index (χ0v) is 14.5. The van der Waals surface area contributed by atoms with Gasteiger partial charge in [-0.2, -0.15) is 13.2 Å². The first-order chi connectivity index (χ1) is 10.7. The molecule has 0 saturated carbocycles. The predicted molar refractivity (Wildman–Crippen MR) is 85.5 cm³/mol. The average molecular weight is 337 g/mol. The van der Waals surface area contributed by atoms with Crippen LogP contribution in [0.25, 0.3) is 0 Å². The summed E-state index contributed by atoms with van der Waals surface area (Å²) in [5.74, 6) is 0.198. The molecule has 0 aromatic carbocycles. The number of halogens is 3. The van der Waals surface area contributed by atoms with Gasteiger partial charge in [0, 0.05) is 25.2 Å². The molecule has 1 aliphatic heterocycles. The number of Topliss-reactive ketones (excluding diaryl/α,β-unsaturated/α-hetero) is 1. The lowest BCUT2D eigenvalue weighted by atomic mass is 10.1. The Morgan fingerprint density at radius 1 is 1.13 bits per heavy atom. The monoisotopic (exact) mass is 337 g/mol. The van der Waals surface area contributed by atoms with E-state index in [2.05, 4.69) is 29.0 Å². The van der Waals surface area contributed by atoms with E-state index < -0.39 is 12.7 Å². The lowest BCUT2D eigenvalue weighted by Crippen LogP contribution is -2.57. The van der Waals surface area contributed by atoms with Crippen molar-refractivity contribution in [3.63, 3.8) is 0 Å². The Balaban J connectivity index is 2.14. The van der Waals surface area contributed by atoms with Crippen molar-refractivity contribution >= 4 is 5.78 Å². The highest BCUT2D eigenvalue weighted by Gasteiger charge is 2.29. The standard InChI is InChI=1S/C16H30F3N3O/c1-13-9-21(10-14(2)22(13)11-15(3)23)8-6-4-5-7-20-12-16(17,18)19/h13-14,20H,4-12H2,1-3H3. The molecule has 0 amide bonds. The Labute approximate surface area is 137 Å². The molecule has 2 unspecified atom stereocenters. The van der Waals surface area contributed by atoms with Crippen LogP contribution in [0.15, 0.2) is 0 Å². The van der Waals surface area contributed by atoms with Gasteiger partial charge in [0.15, 0.2) is 0 Å². The third-order valence-electron chi connectivity index (χ3n) is 4.24. The summed E-state index contributed by atoms with van der Waals surface area (Å²) in [5.41, 5.74) is 0. The summed E-state index contributed by atoms with van der Waals surface area (Å²) >= 11 is 0. The van der Waals surface area contributed by atoms with Crippen LogP contribution in [0, 0.1) is 0 Å². The Kier molecular flexibility index (Phi) is 8.50. The Bertz CT molecular complexity index is 351. The third kappa shape index (κ3) is 8.67. The van der Waals surface area contributed by atoms with E-state index in [1.54, 1.807) is 6.92 Å². The van der Waals surface area contributed by atoms with E-state index in [9.17, 15) is 18.0 Å². The van der Waals surface area contributed by atoms with Gasteiger partial charge in [0.05, 0.1) is 13.1 Å². The number of unbranched alkanes of at least 4 members (excludes halogenated alkanes) is 2. The van der Waals surface area contributed by atoms with Crippen LogP contribution in [-0.4, -0.2) is 73.1 Å². The number of ketones is 1. The normalized spacial score (nSPS) is 24.1. The lowest BCUT2D eigenvalue weighted by molar-refractivity contribution is -0.124. The van der Waals surface area contributed by atoms with Gasteiger partial charge in [-0.05, 0) is 46.7 Å².